The van der Waals surface area contributed by atoms with Crippen molar-refractivity contribution in [3.05, 3.63) is 11.7 Å². The van der Waals surface area contributed by atoms with Crippen LogP contribution >= 0.6 is 24.0 Å². The van der Waals surface area contributed by atoms with E-state index in [1.165, 1.54) is 0 Å². The number of nitrogens with one attached hydrogen (secondary N) is 2. The molecular weight excluding hydrogens is 425 g/mol. The molecule has 0 aliphatic rings. The van der Waals surface area contributed by atoms with Gasteiger partial charge < -0.3 is 24.6 Å². The fourth-order valence-electron chi connectivity index (χ4n) is 1.68. The van der Waals surface area contributed by atoms with Crippen LogP contribution in [0.5, 0.6) is 0 Å². The van der Waals surface area contributed by atoms with Crippen molar-refractivity contribution < 1.29 is 14.0 Å². The molecule has 0 saturated heterocycles. The van der Waals surface area contributed by atoms with Gasteiger partial charge in [0, 0.05) is 26.8 Å². The van der Waals surface area contributed by atoms with Crippen molar-refractivity contribution in [1.82, 2.24) is 20.8 Å². The lowest BCUT2D eigenvalue weighted by Gasteiger charge is -2.24. The Bertz CT molecular complexity index is 493. The summed E-state index contributed by atoms with van der Waals surface area (Å²) in [5.41, 5.74) is -0.277. The molecule has 0 spiro atoms. The molecule has 0 bridgehead atoms. The van der Waals surface area contributed by atoms with Gasteiger partial charge in [0.25, 0.3) is 0 Å². The van der Waals surface area contributed by atoms with Crippen LogP contribution in [-0.2, 0) is 16.0 Å². The number of methoxy groups -OCH3 is 1. The molecule has 1 rings (SSSR count). The second kappa shape index (κ2) is 11.6. The quantitative estimate of drug-likeness (QED) is 0.335. The van der Waals surface area contributed by atoms with E-state index in [0.717, 1.165) is 6.54 Å². The third-order valence-corrected chi connectivity index (χ3v) is 3.21. The van der Waals surface area contributed by atoms with E-state index in [4.69, 9.17) is 14.0 Å². The predicted molar refractivity (Wildman–Crippen MR) is 104 cm³/mol. The van der Waals surface area contributed by atoms with Gasteiger partial charge in [0.1, 0.15) is 12.6 Å². The standard InChI is InChI=1S/C15H29N5O3.HI/c1-7-16-14(18-10-15(4,5)21-6)17-9-12-19-13(20-23-12)11(3)22-8-2;/h11H,7-10H2,1-6H3,(H2,16,17,18);1H. The Kier molecular flexibility index (Phi) is 11.1. The molecule has 1 aromatic rings. The van der Waals surface area contributed by atoms with Crippen molar-refractivity contribution in [3.8, 4) is 0 Å². The van der Waals surface area contributed by atoms with E-state index >= 15 is 0 Å². The number of hydrogen-bond donors (Lipinski definition) is 2. The Labute approximate surface area is 161 Å². The van der Waals surface area contributed by atoms with Crippen molar-refractivity contribution >= 4 is 29.9 Å². The van der Waals surface area contributed by atoms with Crippen molar-refractivity contribution in [3.63, 3.8) is 0 Å². The second-order valence-electron chi connectivity index (χ2n) is 5.66. The lowest BCUT2D eigenvalue weighted by Crippen LogP contribution is -2.45. The summed E-state index contributed by atoms with van der Waals surface area (Å²) >= 11 is 0. The number of hydrogen-bond acceptors (Lipinski definition) is 6. The lowest BCUT2D eigenvalue weighted by atomic mass is 10.1. The van der Waals surface area contributed by atoms with Crippen LogP contribution in [0.3, 0.4) is 0 Å². The van der Waals surface area contributed by atoms with E-state index < -0.39 is 0 Å². The van der Waals surface area contributed by atoms with E-state index in [-0.39, 0.29) is 35.7 Å². The van der Waals surface area contributed by atoms with Crippen LogP contribution in [0, 0.1) is 0 Å². The fraction of sp³-hybridized carbons (Fsp3) is 0.800. The first-order valence-corrected chi connectivity index (χ1v) is 7.93. The summed E-state index contributed by atoms with van der Waals surface area (Å²) in [5.74, 6) is 1.67. The van der Waals surface area contributed by atoms with E-state index in [1.807, 2.05) is 34.6 Å². The smallest absolute Gasteiger partial charge is 0.248 e. The molecule has 0 aliphatic heterocycles. The number of ether oxygens (including phenoxy) is 2. The molecule has 0 amide bonds. The molecule has 140 valence electrons. The van der Waals surface area contributed by atoms with Crippen LogP contribution in [-0.4, -0.2) is 48.5 Å². The first kappa shape index (κ1) is 23.1. The molecule has 1 unspecified atom stereocenters. The number of rotatable bonds is 9. The molecule has 2 N–H and O–H groups in total. The first-order chi connectivity index (χ1) is 10.9. The molecule has 8 nitrogen and oxygen atoms in total. The van der Waals surface area contributed by atoms with Gasteiger partial charge in [-0.2, -0.15) is 4.98 Å². The largest absolute Gasteiger partial charge is 0.377 e. The van der Waals surface area contributed by atoms with Crippen molar-refractivity contribution in [2.45, 2.75) is 52.9 Å². The highest BCUT2D eigenvalue weighted by atomic mass is 127. The molecule has 1 aromatic heterocycles. The summed E-state index contributed by atoms with van der Waals surface area (Å²) in [6.45, 7) is 12.1. The highest BCUT2D eigenvalue weighted by molar-refractivity contribution is 14.0. The van der Waals surface area contributed by atoms with Crippen molar-refractivity contribution in [1.29, 1.82) is 0 Å². The number of halogens is 1. The first-order valence-electron chi connectivity index (χ1n) is 7.93. The van der Waals surface area contributed by atoms with Gasteiger partial charge in [-0.05, 0) is 34.6 Å². The Balaban J connectivity index is 0.00000529. The van der Waals surface area contributed by atoms with E-state index in [2.05, 4.69) is 25.8 Å². The third kappa shape index (κ3) is 8.25. The van der Waals surface area contributed by atoms with Crippen LogP contribution in [0.15, 0.2) is 9.52 Å². The minimum atomic E-state index is -0.277. The van der Waals surface area contributed by atoms with Crippen molar-refractivity contribution in [2.24, 2.45) is 4.99 Å². The monoisotopic (exact) mass is 455 g/mol. The van der Waals surface area contributed by atoms with Crippen LogP contribution in [0.2, 0.25) is 0 Å². The normalized spacial score (nSPS) is 13.3. The summed E-state index contributed by atoms with van der Waals surface area (Å²) in [5, 5.41) is 10.3. The van der Waals surface area contributed by atoms with Crippen LogP contribution < -0.4 is 10.6 Å². The van der Waals surface area contributed by atoms with Gasteiger partial charge in [-0.1, -0.05) is 5.16 Å². The molecule has 0 saturated carbocycles. The molecule has 0 radical (unpaired) electrons. The summed E-state index contributed by atoms with van der Waals surface area (Å²) in [6, 6.07) is 0. The Hall–Kier alpha value is -0.940. The summed E-state index contributed by atoms with van der Waals surface area (Å²) in [7, 11) is 1.69. The zero-order valence-electron chi connectivity index (χ0n) is 15.4. The van der Waals surface area contributed by atoms with Gasteiger partial charge >= 0.3 is 0 Å². The zero-order valence-corrected chi connectivity index (χ0v) is 17.7. The predicted octanol–water partition coefficient (Wildman–Crippen LogP) is 2.27. The molecule has 24 heavy (non-hydrogen) atoms. The van der Waals surface area contributed by atoms with Gasteiger partial charge in [-0.15, -0.1) is 24.0 Å². The number of aliphatic imine (C=N–C) groups is 1. The fourth-order valence-corrected chi connectivity index (χ4v) is 1.68. The minimum Gasteiger partial charge on any atom is -0.377 e. The Morgan fingerprint density at radius 2 is 2.04 bits per heavy atom. The number of aromatic nitrogens is 2. The zero-order chi connectivity index (χ0) is 17.3. The highest BCUT2D eigenvalue weighted by Crippen LogP contribution is 2.13. The molecule has 0 fully saturated rings. The number of nitrogens with zero attached hydrogens (tertiary/aromatic N) is 3. The van der Waals surface area contributed by atoms with Crippen LogP contribution in [0.1, 0.15) is 52.4 Å². The van der Waals surface area contributed by atoms with Crippen LogP contribution in [0.25, 0.3) is 0 Å². The summed E-state index contributed by atoms with van der Waals surface area (Å²) in [6.07, 6.45) is -0.185. The number of guanidine groups is 1. The molecule has 1 heterocycles. The molecule has 1 atom stereocenters. The van der Waals surface area contributed by atoms with Gasteiger partial charge in [-0.3, -0.25) is 0 Å². The summed E-state index contributed by atoms with van der Waals surface area (Å²) < 4.78 is 16.0. The maximum absolute atomic E-state index is 5.43. The van der Waals surface area contributed by atoms with Gasteiger partial charge in [0.15, 0.2) is 11.8 Å². The Morgan fingerprint density at radius 3 is 2.62 bits per heavy atom. The molecule has 0 aromatic carbocycles. The second-order valence-corrected chi connectivity index (χ2v) is 5.66. The van der Waals surface area contributed by atoms with E-state index in [9.17, 15) is 0 Å². The molecule has 0 aliphatic carbocycles. The summed E-state index contributed by atoms with van der Waals surface area (Å²) in [4.78, 5) is 8.74. The maximum Gasteiger partial charge on any atom is 0.248 e. The van der Waals surface area contributed by atoms with Crippen molar-refractivity contribution in [2.75, 3.05) is 26.8 Å². The van der Waals surface area contributed by atoms with Gasteiger partial charge in [0.05, 0.1) is 5.60 Å². The third-order valence-electron chi connectivity index (χ3n) is 3.21. The Morgan fingerprint density at radius 1 is 1.33 bits per heavy atom. The average Bonchev–Trinajstić information content (AvgIpc) is 2.99. The highest BCUT2D eigenvalue weighted by Gasteiger charge is 2.17. The molecular formula is C15H30IN5O3. The topological polar surface area (TPSA) is 93.8 Å². The van der Waals surface area contributed by atoms with Gasteiger partial charge in [-0.25, -0.2) is 4.99 Å². The maximum atomic E-state index is 5.43. The minimum absolute atomic E-state index is 0. The SMILES string of the molecule is CCNC(=NCc1nc(C(C)OCC)no1)NCC(C)(C)OC.I. The average molecular weight is 455 g/mol. The van der Waals surface area contributed by atoms with E-state index in [0.29, 0.717) is 37.4 Å². The van der Waals surface area contributed by atoms with E-state index in [1.54, 1.807) is 7.11 Å². The lowest BCUT2D eigenvalue weighted by molar-refractivity contribution is 0.0268. The van der Waals surface area contributed by atoms with Gasteiger partial charge in [0.2, 0.25) is 5.89 Å². The molecule has 9 heteroatoms. The van der Waals surface area contributed by atoms with Crippen LogP contribution in [0.4, 0.5) is 0 Å².